The number of thioether (sulfide) groups is 1. The molecule has 4 nitrogen and oxygen atoms in total. The molecule has 0 amide bonds. The topological polar surface area (TPSA) is 57.6 Å². The SMILES string of the molecule is Cc1cc(CO)cc(S(=O)(=O)N2CCCSCC2)c1Br. The van der Waals surface area contributed by atoms with Crippen molar-refractivity contribution in [3.05, 3.63) is 27.7 Å². The smallest absolute Gasteiger partial charge is 0.244 e. The molecule has 1 N–H and O–H groups in total. The van der Waals surface area contributed by atoms with Crippen molar-refractivity contribution in [3.63, 3.8) is 0 Å². The van der Waals surface area contributed by atoms with Crippen LogP contribution in [0.1, 0.15) is 17.5 Å². The Bertz CT molecular complexity index is 582. The Balaban J connectivity index is 2.45. The molecule has 1 heterocycles. The van der Waals surface area contributed by atoms with E-state index in [1.165, 1.54) is 0 Å². The first-order valence-corrected chi connectivity index (χ1v) is 9.83. The Morgan fingerprint density at radius 1 is 1.35 bits per heavy atom. The van der Waals surface area contributed by atoms with Gasteiger partial charge in [0.1, 0.15) is 0 Å². The summed E-state index contributed by atoms with van der Waals surface area (Å²) in [6.07, 6.45) is 0.875. The molecule has 0 radical (unpaired) electrons. The van der Waals surface area contributed by atoms with Crippen LogP contribution in [-0.2, 0) is 16.6 Å². The molecule has 7 heteroatoms. The molecule has 112 valence electrons. The minimum absolute atomic E-state index is 0.160. The van der Waals surface area contributed by atoms with Crippen LogP contribution in [0.25, 0.3) is 0 Å². The van der Waals surface area contributed by atoms with E-state index in [1.807, 2.05) is 6.92 Å². The van der Waals surface area contributed by atoms with E-state index in [0.29, 0.717) is 23.1 Å². The molecule has 1 aliphatic heterocycles. The number of halogens is 1. The highest BCUT2D eigenvalue weighted by Gasteiger charge is 2.28. The first-order chi connectivity index (χ1) is 9.46. The van der Waals surface area contributed by atoms with Crippen LogP contribution >= 0.6 is 27.7 Å². The molecule has 1 fully saturated rings. The van der Waals surface area contributed by atoms with Gasteiger partial charge in [0.2, 0.25) is 10.0 Å². The maximum Gasteiger partial charge on any atom is 0.244 e. The van der Waals surface area contributed by atoms with Gasteiger partial charge < -0.3 is 5.11 Å². The molecular formula is C13H18BrNO3S2. The minimum Gasteiger partial charge on any atom is -0.392 e. The number of nitrogens with zero attached hydrogens (tertiary/aromatic N) is 1. The second kappa shape index (κ2) is 6.79. The fourth-order valence-corrected chi connectivity index (χ4v) is 5.70. The molecular weight excluding hydrogens is 362 g/mol. The van der Waals surface area contributed by atoms with Gasteiger partial charge in [-0.3, -0.25) is 0 Å². The van der Waals surface area contributed by atoms with Crippen LogP contribution in [0.15, 0.2) is 21.5 Å². The van der Waals surface area contributed by atoms with Crippen LogP contribution in [0.4, 0.5) is 0 Å². The summed E-state index contributed by atoms with van der Waals surface area (Å²) in [5.41, 5.74) is 1.44. The highest BCUT2D eigenvalue weighted by molar-refractivity contribution is 9.10. The summed E-state index contributed by atoms with van der Waals surface area (Å²) in [5.74, 6) is 1.83. The van der Waals surface area contributed by atoms with Gasteiger partial charge in [-0.2, -0.15) is 16.1 Å². The first-order valence-electron chi connectivity index (χ1n) is 6.44. The van der Waals surface area contributed by atoms with E-state index in [9.17, 15) is 13.5 Å². The van der Waals surface area contributed by atoms with Crippen LogP contribution in [0.2, 0.25) is 0 Å². The molecule has 0 unspecified atom stereocenters. The number of rotatable bonds is 3. The Kier molecular flexibility index (Phi) is 5.53. The zero-order valence-corrected chi connectivity index (χ0v) is 14.5. The van der Waals surface area contributed by atoms with Gasteiger partial charge in [0.25, 0.3) is 0 Å². The van der Waals surface area contributed by atoms with Gasteiger partial charge in [-0.15, -0.1) is 0 Å². The molecule has 0 saturated carbocycles. The molecule has 1 aliphatic rings. The summed E-state index contributed by atoms with van der Waals surface area (Å²) in [5, 5.41) is 9.27. The lowest BCUT2D eigenvalue weighted by molar-refractivity contribution is 0.281. The number of hydrogen-bond donors (Lipinski definition) is 1. The molecule has 20 heavy (non-hydrogen) atoms. The number of aliphatic hydroxyl groups excluding tert-OH is 1. The monoisotopic (exact) mass is 379 g/mol. The maximum absolute atomic E-state index is 12.8. The summed E-state index contributed by atoms with van der Waals surface area (Å²) < 4.78 is 27.7. The highest BCUT2D eigenvalue weighted by Crippen LogP contribution is 2.30. The van der Waals surface area contributed by atoms with E-state index in [4.69, 9.17) is 0 Å². The zero-order valence-electron chi connectivity index (χ0n) is 11.3. The number of benzene rings is 1. The van der Waals surface area contributed by atoms with Gasteiger partial charge in [0.05, 0.1) is 11.5 Å². The van der Waals surface area contributed by atoms with E-state index in [0.717, 1.165) is 23.5 Å². The Labute approximate surface area is 132 Å². The van der Waals surface area contributed by atoms with Crippen molar-refractivity contribution in [3.8, 4) is 0 Å². The minimum atomic E-state index is -3.51. The molecule has 0 bridgehead atoms. The number of sulfonamides is 1. The van der Waals surface area contributed by atoms with Gasteiger partial charge in [-0.1, -0.05) is 6.07 Å². The summed E-state index contributed by atoms with van der Waals surface area (Å²) in [6.45, 7) is 2.78. The second-order valence-electron chi connectivity index (χ2n) is 4.75. The third-order valence-corrected chi connectivity index (χ3v) is 7.55. The lowest BCUT2D eigenvalue weighted by atomic mass is 10.1. The first kappa shape index (κ1) is 16.3. The molecule has 2 rings (SSSR count). The Hall–Kier alpha value is -0.0800. The second-order valence-corrected chi connectivity index (χ2v) is 8.68. The van der Waals surface area contributed by atoms with Crippen molar-refractivity contribution in [2.24, 2.45) is 0 Å². The van der Waals surface area contributed by atoms with Crippen molar-refractivity contribution in [1.29, 1.82) is 0 Å². The highest BCUT2D eigenvalue weighted by atomic mass is 79.9. The van der Waals surface area contributed by atoms with Gasteiger partial charge in [-0.25, -0.2) is 8.42 Å². The number of hydrogen-bond acceptors (Lipinski definition) is 4. The lowest BCUT2D eigenvalue weighted by Crippen LogP contribution is -2.33. The molecule has 1 aromatic carbocycles. The summed E-state index contributed by atoms with van der Waals surface area (Å²) in [6, 6.07) is 3.35. The number of aryl methyl sites for hydroxylation is 1. The Morgan fingerprint density at radius 2 is 2.10 bits per heavy atom. The van der Waals surface area contributed by atoms with Crippen molar-refractivity contribution >= 4 is 37.7 Å². The van der Waals surface area contributed by atoms with Crippen molar-refractivity contribution in [2.75, 3.05) is 24.6 Å². The largest absolute Gasteiger partial charge is 0.392 e. The van der Waals surface area contributed by atoms with Crippen molar-refractivity contribution in [1.82, 2.24) is 4.31 Å². The fourth-order valence-electron chi connectivity index (χ4n) is 2.19. The number of aliphatic hydroxyl groups is 1. The van der Waals surface area contributed by atoms with Crippen LogP contribution in [0.3, 0.4) is 0 Å². The van der Waals surface area contributed by atoms with Crippen LogP contribution in [-0.4, -0.2) is 42.4 Å². The van der Waals surface area contributed by atoms with Crippen molar-refractivity contribution < 1.29 is 13.5 Å². The maximum atomic E-state index is 12.8. The van der Waals surface area contributed by atoms with E-state index in [-0.39, 0.29) is 11.5 Å². The van der Waals surface area contributed by atoms with E-state index < -0.39 is 10.0 Å². The molecule has 0 aromatic heterocycles. The third kappa shape index (κ3) is 3.39. The third-order valence-electron chi connectivity index (χ3n) is 3.26. The van der Waals surface area contributed by atoms with E-state index in [2.05, 4.69) is 15.9 Å². The average Bonchev–Trinajstić information content (AvgIpc) is 2.70. The Morgan fingerprint density at radius 3 is 2.80 bits per heavy atom. The molecule has 1 saturated heterocycles. The predicted octanol–water partition coefficient (Wildman–Crippen LogP) is 2.38. The lowest BCUT2D eigenvalue weighted by Gasteiger charge is -2.21. The zero-order chi connectivity index (χ0) is 14.8. The standard InChI is InChI=1S/C13H18BrNO3S2/c1-10-7-11(9-16)8-12(13(10)14)20(17,18)15-3-2-5-19-6-4-15/h7-8,16H,2-6,9H2,1H3. The van der Waals surface area contributed by atoms with Crippen LogP contribution < -0.4 is 0 Å². The van der Waals surface area contributed by atoms with Crippen molar-refractivity contribution in [2.45, 2.75) is 24.8 Å². The van der Waals surface area contributed by atoms with Gasteiger partial charge in [-0.05, 0) is 52.2 Å². The van der Waals surface area contributed by atoms with E-state index in [1.54, 1.807) is 28.2 Å². The normalized spacial score (nSPS) is 17.9. The molecule has 0 spiro atoms. The quantitative estimate of drug-likeness (QED) is 0.875. The molecule has 0 aliphatic carbocycles. The van der Waals surface area contributed by atoms with Gasteiger partial charge in [0, 0.05) is 23.3 Å². The average molecular weight is 380 g/mol. The molecule has 1 aromatic rings. The summed E-state index contributed by atoms with van der Waals surface area (Å²) in [4.78, 5) is 0.258. The summed E-state index contributed by atoms with van der Waals surface area (Å²) in [7, 11) is -3.51. The van der Waals surface area contributed by atoms with Gasteiger partial charge >= 0.3 is 0 Å². The molecule has 0 atom stereocenters. The van der Waals surface area contributed by atoms with Gasteiger partial charge in [0.15, 0.2) is 0 Å². The predicted molar refractivity (Wildman–Crippen MR) is 85.5 cm³/mol. The van der Waals surface area contributed by atoms with Crippen LogP contribution in [0.5, 0.6) is 0 Å². The van der Waals surface area contributed by atoms with E-state index >= 15 is 0 Å². The summed E-state index contributed by atoms with van der Waals surface area (Å²) >= 11 is 5.16. The van der Waals surface area contributed by atoms with Crippen LogP contribution in [0, 0.1) is 6.92 Å². The fraction of sp³-hybridized carbons (Fsp3) is 0.538.